The van der Waals surface area contributed by atoms with Gasteiger partial charge in [-0.3, -0.25) is 9.78 Å². The number of hydrogen-bond donors (Lipinski definition) is 2. The van der Waals surface area contributed by atoms with Crippen molar-refractivity contribution in [2.75, 3.05) is 12.5 Å². The normalized spacial score (nSPS) is 11.0. The van der Waals surface area contributed by atoms with Crippen LogP contribution >= 0.6 is 0 Å². The molecule has 0 aliphatic heterocycles. The fourth-order valence-electron chi connectivity index (χ4n) is 1.73. The monoisotopic (exact) mass is 317 g/mol. The summed E-state index contributed by atoms with van der Waals surface area (Å²) in [5.41, 5.74) is 3.40. The van der Waals surface area contributed by atoms with Gasteiger partial charge in [-0.05, 0) is 44.5 Å². The second-order valence-electron chi connectivity index (χ2n) is 5.04. The highest BCUT2D eigenvalue weighted by atomic mass is 16.5. The lowest BCUT2D eigenvalue weighted by Crippen LogP contribution is -2.15. The molecule has 23 heavy (non-hydrogen) atoms. The van der Waals surface area contributed by atoms with Crippen LogP contribution in [-0.4, -0.2) is 34.6 Å². The fraction of sp³-hybridized carbons (Fsp3) is 0.333. The van der Waals surface area contributed by atoms with Crippen LogP contribution in [0.3, 0.4) is 0 Å². The molecule has 0 atom stereocenters. The smallest absolute Gasteiger partial charge is 0.274 e. The Bertz CT molecular complexity index is 755. The summed E-state index contributed by atoms with van der Waals surface area (Å²) in [6.07, 6.45) is 1.63. The number of hydrogen-bond acceptors (Lipinski definition) is 7. The van der Waals surface area contributed by atoms with Crippen LogP contribution < -0.4 is 20.5 Å². The van der Waals surface area contributed by atoms with Crippen LogP contribution in [0.4, 0.5) is 5.95 Å². The van der Waals surface area contributed by atoms with Gasteiger partial charge in [-0.1, -0.05) is 0 Å². The Hall–Kier alpha value is -2.90. The van der Waals surface area contributed by atoms with E-state index < -0.39 is 0 Å². The maximum atomic E-state index is 11.4. The van der Waals surface area contributed by atoms with E-state index in [-0.39, 0.29) is 17.6 Å². The lowest BCUT2D eigenvalue weighted by Gasteiger charge is -2.13. The number of anilines is 1. The minimum Gasteiger partial charge on any atom is -0.493 e. The largest absolute Gasteiger partial charge is 0.493 e. The fourth-order valence-corrected chi connectivity index (χ4v) is 1.73. The summed E-state index contributed by atoms with van der Waals surface area (Å²) in [4.78, 5) is 13.9. The molecule has 2 rings (SSSR count). The Labute approximate surface area is 133 Å². The Morgan fingerprint density at radius 2 is 2.09 bits per heavy atom. The van der Waals surface area contributed by atoms with Gasteiger partial charge in [-0.25, -0.2) is 5.43 Å². The number of aryl methyl sites for hydroxylation is 1. The number of hydrazone groups is 1. The zero-order valence-corrected chi connectivity index (χ0v) is 13.5. The van der Waals surface area contributed by atoms with Gasteiger partial charge in [0.1, 0.15) is 5.69 Å². The van der Waals surface area contributed by atoms with Crippen molar-refractivity contribution < 1.29 is 9.47 Å². The van der Waals surface area contributed by atoms with Gasteiger partial charge in [0.15, 0.2) is 11.5 Å². The van der Waals surface area contributed by atoms with Crippen LogP contribution in [0.5, 0.6) is 11.5 Å². The van der Waals surface area contributed by atoms with E-state index in [9.17, 15) is 4.79 Å². The average molecular weight is 317 g/mol. The number of ether oxygens (including phenoxy) is 2. The van der Waals surface area contributed by atoms with Crippen molar-refractivity contribution in [1.29, 1.82) is 0 Å². The molecule has 1 aromatic carbocycles. The molecular formula is C15H19N5O3. The number of nitrogens with one attached hydrogen (secondary N) is 2. The standard InChI is InChI=1S/C15H19N5O3/c1-9(2)23-12-6-5-11(7-13(12)22-4)8-16-19-15-17-14(21)10(3)18-20-15/h5-9H,1-4H3,(H2,17,19,20,21)/b16-8+. The number of aromatic nitrogens is 3. The predicted octanol–water partition coefficient (Wildman–Crippen LogP) is 1.72. The molecule has 1 aromatic heterocycles. The van der Waals surface area contributed by atoms with Crippen molar-refractivity contribution in [2.24, 2.45) is 5.10 Å². The van der Waals surface area contributed by atoms with Crippen LogP contribution in [0.1, 0.15) is 25.1 Å². The van der Waals surface area contributed by atoms with E-state index >= 15 is 0 Å². The maximum Gasteiger partial charge on any atom is 0.274 e. The molecule has 8 heteroatoms. The van der Waals surface area contributed by atoms with E-state index in [2.05, 4.69) is 25.7 Å². The van der Waals surface area contributed by atoms with Gasteiger partial charge in [0.2, 0.25) is 5.95 Å². The molecule has 0 aliphatic rings. The van der Waals surface area contributed by atoms with Crippen molar-refractivity contribution in [3.8, 4) is 11.5 Å². The van der Waals surface area contributed by atoms with Crippen molar-refractivity contribution in [3.63, 3.8) is 0 Å². The Kier molecular flexibility index (Phi) is 5.29. The summed E-state index contributed by atoms with van der Waals surface area (Å²) in [5, 5.41) is 11.5. The van der Waals surface area contributed by atoms with Crippen molar-refractivity contribution in [1.82, 2.24) is 15.2 Å². The molecule has 0 saturated carbocycles. The number of methoxy groups -OCH3 is 1. The van der Waals surface area contributed by atoms with Gasteiger partial charge >= 0.3 is 0 Å². The molecule has 2 aromatic rings. The molecule has 0 radical (unpaired) electrons. The molecule has 0 unspecified atom stereocenters. The second kappa shape index (κ2) is 7.39. The first-order chi connectivity index (χ1) is 11.0. The summed E-state index contributed by atoms with van der Waals surface area (Å²) in [6.45, 7) is 5.47. The first-order valence-electron chi connectivity index (χ1n) is 7.07. The van der Waals surface area contributed by atoms with Gasteiger partial charge in [0, 0.05) is 0 Å². The third kappa shape index (κ3) is 4.53. The molecule has 2 N–H and O–H groups in total. The lowest BCUT2D eigenvalue weighted by atomic mass is 10.2. The Morgan fingerprint density at radius 3 is 2.74 bits per heavy atom. The van der Waals surface area contributed by atoms with Gasteiger partial charge in [-0.2, -0.15) is 5.10 Å². The molecule has 0 fully saturated rings. The second-order valence-corrected chi connectivity index (χ2v) is 5.04. The summed E-state index contributed by atoms with van der Waals surface area (Å²) < 4.78 is 10.9. The lowest BCUT2D eigenvalue weighted by molar-refractivity contribution is 0.230. The summed E-state index contributed by atoms with van der Waals surface area (Å²) in [5.74, 6) is 1.45. The van der Waals surface area contributed by atoms with Crippen LogP contribution in [0.2, 0.25) is 0 Å². The van der Waals surface area contributed by atoms with Crippen LogP contribution in [-0.2, 0) is 0 Å². The number of H-pyrrole nitrogens is 1. The molecule has 0 aliphatic carbocycles. The van der Waals surface area contributed by atoms with E-state index in [4.69, 9.17) is 9.47 Å². The molecule has 0 saturated heterocycles. The van der Waals surface area contributed by atoms with Crippen LogP contribution in [0.25, 0.3) is 0 Å². The molecule has 1 heterocycles. The van der Waals surface area contributed by atoms with Gasteiger partial charge < -0.3 is 9.47 Å². The number of rotatable bonds is 6. The predicted molar refractivity (Wildman–Crippen MR) is 87.4 cm³/mol. The highest BCUT2D eigenvalue weighted by Crippen LogP contribution is 2.28. The summed E-state index contributed by atoms with van der Waals surface area (Å²) in [7, 11) is 1.58. The zero-order valence-electron chi connectivity index (χ0n) is 13.5. The van der Waals surface area contributed by atoms with Crippen molar-refractivity contribution in [2.45, 2.75) is 26.9 Å². The topological polar surface area (TPSA) is 101 Å². The minimum atomic E-state index is -0.311. The van der Waals surface area contributed by atoms with E-state index in [1.165, 1.54) is 0 Å². The number of benzene rings is 1. The quantitative estimate of drug-likeness (QED) is 0.621. The Morgan fingerprint density at radius 1 is 1.30 bits per heavy atom. The Balaban J connectivity index is 2.09. The van der Waals surface area contributed by atoms with Crippen molar-refractivity contribution in [3.05, 3.63) is 39.8 Å². The summed E-state index contributed by atoms with van der Waals surface area (Å²) >= 11 is 0. The first-order valence-corrected chi connectivity index (χ1v) is 7.07. The highest BCUT2D eigenvalue weighted by Gasteiger charge is 2.06. The third-order valence-electron chi connectivity index (χ3n) is 2.79. The number of aromatic amines is 1. The zero-order chi connectivity index (χ0) is 16.8. The first kappa shape index (κ1) is 16.5. The molecular weight excluding hydrogens is 298 g/mol. The molecule has 8 nitrogen and oxygen atoms in total. The third-order valence-corrected chi connectivity index (χ3v) is 2.79. The van der Waals surface area contributed by atoms with E-state index in [1.807, 2.05) is 26.0 Å². The van der Waals surface area contributed by atoms with Gasteiger partial charge in [-0.15, -0.1) is 10.2 Å². The molecule has 0 amide bonds. The highest BCUT2D eigenvalue weighted by molar-refractivity contribution is 5.81. The van der Waals surface area contributed by atoms with Crippen LogP contribution in [0.15, 0.2) is 28.1 Å². The van der Waals surface area contributed by atoms with E-state index in [0.717, 1.165) is 5.56 Å². The van der Waals surface area contributed by atoms with Gasteiger partial charge in [0.25, 0.3) is 5.56 Å². The molecule has 0 bridgehead atoms. The SMILES string of the molecule is COc1cc(/C=N/Nc2nnc(C)c(=O)[nH]2)ccc1OC(C)C. The van der Waals surface area contributed by atoms with Crippen LogP contribution in [0, 0.1) is 6.92 Å². The molecule has 0 spiro atoms. The average Bonchev–Trinajstić information content (AvgIpc) is 2.51. The van der Waals surface area contributed by atoms with Crippen molar-refractivity contribution >= 4 is 12.2 Å². The van der Waals surface area contributed by atoms with E-state index in [1.54, 1.807) is 26.3 Å². The number of nitrogens with zero attached hydrogens (tertiary/aromatic N) is 3. The minimum absolute atomic E-state index is 0.0574. The maximum absolute atomic E-state index is 11.4. The molecule has 122 valence electrons. The summed E-state index contributed by atoms with van der Waals surface area (Å²) in [6, 6.07) is 5.45. The van der Waals surface area contributed by atoms with Gasteiger partial charge in [0.05, 0.1) is 19.4 Å². The van der Waals surface area contributed by atoms with E-state index in [0.29, 0.717) is 17.2 Å².